The van der Waals surface area contributed by atoms with Gasteiger partial charge in [0, 0.05) is 25.0 Å². The molecule has 0 spiro atoms. The minimum atomic E-state index is 0.166. The highest BCUT2D eigenvalue weighted by molar-refractivity contribution is 5.76. The minimum absolute atomic E-state index is 0.166. The van der Waals surface area contributed by atoms with Crippen molar-refractivity contribution in [2.75, 3.05) is 19.6 Å². The van der Waals surface area contributed by atoms with Gasteiger partial charge in [-0.1, -0.05) is 12.8 Å². The van der Waals surface area contributed by atoms with Gasteiger partial charge in [-0.2, -0.15) is 0 Å². The van der Waals surface area contributed by atoms with Gasteiger partial charge in [0.05, 0.1) is 0 Å². The van der Waals surface area contributed by atoms with E-state index >= 15 is 0 Å². The van der Waals surface area contributed by atoms with E-state index in [2.05, 4.69) is 10.2 Å². The SMILES string of the molecule is N[C@@H]1CCCC[C@H]1NC(=O)CCN1CCCC1. The molecule has 1 saturated carbocycles. The molecule has 2 rings (SSSR count). The van der Waals surface area contributed by atoms with E-state index in [-0.39, 0.29) is 18.0 Å². The molecule has 0 radical (unpaired) electrons. The van der Waals surface area contributed by atoms with Crippen molar-refractivity contribution >= 4 is 5.91 Å². The molecule has 1 amide bonds. The maximum atomic E-state index is 11.8. The van der Waals surface area contributed by atoms with Gasteiger partial charge in [-0.05, 0) is 38.8 Å². The van der Waals surface area contributed by atoms with Crippen LogP contribution in [0.3, 0.4) is 0 Å². The highest BCUT2D eigenvalue weighted by Gasteiger charge is 2.23. The lowest BCUT2D eigenvalue weighted by Crippen LogP contribution is -2.49. The number of hydrogen-bond donors (Lipinski definition) is 2. The minimum Gasteiger partial charge on any atom is -0.352 e. The molecule has 0 aromatic rings. The lowest BCUT2D eigenvalue weighted by atomic mass is 9.91. The third-order valence-electron chi connectivity index (χ3n) is 4.02. The highest BCUT2D eigenvalue weighted by atomic mass is 16.1. The Morgan fingerprint density at radius 3 is 2.59 bits per heavy atom. The molecule has 0 bridgehead atoms. The lowest BCUT2D eigenvalue weighted by molar-refractivity contribution is -0.122. The van der Waals surface area contributed by atoms with Crippen molar-refractivity contribution in [3.63, 3.8) is 0 Å². The summed E-state index contributed by atoms with van der Waals surface area (Å²) < 4.78 is 0. The molecule has 2 aliphatic rings. The van der Waals surface area contributed by atoms with E-state index in [1.807, 2.05) is 0 Å². The normalized spacial score (nSPS) is 30.4. The van der Waals surface area contributed by atoms with E-state index in [0.29, 0.717) is 6.42 Å². The molecule has 4 heteroatoms. The van der Waals surface area contributed by atoms with Crippen molar-refractivity contribution in [1.29, 1.82) is 0 Å². The van der Waals surface area contributed by atoms with Gasteiger partial charge in [0.1, 0.15) is 0 Å². The molecule has 0 aromatic carbocycles. The van der Waals surface area contributed by atoms with Crippen LogP contribution in [0.5, 0.6) is 0 Å². The van der Waals surface area contributed by atoms with Crippen LogP contribution in [0.2, 0.25) is 0 Å². The molecule has 3 N–H and O–H groups in total. The number of likely N-dealkylation sites (tertiary alicyclic amines) is 1. The number of amides is 1. The fourth-order valence-electron chi connectivity index (χ4n) is 2.88. The number of hydrogen-bond acceptors (Lipinski definition) is 3. The number of nitrogens with zero attached hydrogens (tertiary/aromatic N) is 1. The third kappa shape index (κ3) is 3.96. The van der Waals surface area contributed by atoms with Gasteiger partial charge in [-0.25, -0.2) is 0 Å². The zero-order chi connectivity index (χ0) is 12.1. The Morgan fingerprint density at radius 2 is 1.88 bits per heavy atom. The van der Waals surface area contributed by atoms with Crippen LogP contribution in [0.1, 0.15) is 44.9 Å². The summed E-state index contributed by atoms with van der Waals surface area (Å²) in [7, 11) is 0. The van der Waals surface area contributed by atoms with Gasteiger partial charge in [0.15, 0.2) is 0 Å². The Bertz CT molecular complexity index is 251. The average molecular weight is 239 g/mol. The fraction of sp³-hybridized carbons (Fsp3) is 0.923. The van der Waals surface area contributed by atoms with Crippen LogP contribution in [-0.4, -0.2) is 42.5 Å². The van der Waals surface area contributed by atoms with E-state index in [1.54, 1.807) is 0 Å². The molecule has 1 saturated heterocycles. The monoisotopic (exact) mass is 239 g/mol. The predicted molar refractivity (Wildman–Crippen MR) is 68.7 cm³/mol. The van der Waals surface area contributed by atoms with E-state index in [9.17, 15) is 4.79 Å². The summed E-state index contributed by atoms with van der Waals surface area (Å²) in [5.41, 5.74) is 6.02. The lowest BCUT2D eigenvalue weighted by Gasteiger charge is -2.29. The fourth-order valence-corrected chi connectivity index (χ4v) is 2.88. The van der Waals surface area contributed by atoms with Crippen molar-refractivity contribution in [2.45, 2.75) is 57.0 Å². The zero-order valence-corrected chi connectivity index (χ0v) is 10.7. The Labute approximate surface area is 104 Å². The van der Waals surface area contributed by atoms with Crippen molar-refractivity contribution < 1.29 is 4.79 Å². The molecular weight excluding hydrogens is 214 g/mol. The first-order chi connectivity index (χ1) is 8.25. The van der Waals surface area contributed by atoms with E-state index < -0.39 is 0 Å². The summed E-state index contributed by atoms with van der Waals surface area (Å²) in [6, 6.07) is 0.384. The van der Waals surface area contributed by atoms with Crippen molar-refractivity contribution in [3.05, 3.63) is 0 Å². The van der Waals surface area contributed by atoms with Crippen molar-refractivity contribution in [2.24, 2.45) is 5.73 Å². The zero-order valence-electron chi connectivity index (χ0n) is 10.7. The molecule has 1 aliphatic carbocycles. The Kier molecular flexibility index (Phi) is 4.80. The second-order valence-electron chi connectivity index (χ2n) is 5.42. The first-order valence-electron chi connectivity index (χ1n) is 7.03. The number of carbonyl (C=O) groups is 1. The van der Waals surface area contributed by atoms with Crippen molar-refractivity contribution in [3.8, 4) is 0 Å². The van der Waals surface area contributed by atoms with Gasteiger partial charge in [-0.15, -0.1) is 0 Å². The van der Waals surface area contributed by atoms with Crippen LogP contribution >= 0.6 is 0 Å². The summed E-state index contributed by atoms with van der Waals surface area (Å²) in [4.78, 5) is 14.2. The molecule has 2 atom stereocenters. The Morgan fingerprint density at radius 1 is 1.18 bits per heavy atom. The maximum absolute atomic E-state index is 11.8. The quantitative estimate of drug-likeness (QED) is 0.765. The first kappa shape index (κ1) is 12.8. The van der Waals surface area contributed by atoms with Crippen LogP contribution in [-0.2, 0) is 4.79 Å². The van der Waals surface area contributed by atoms with Crippen LogP contribution in [0, 0.1) is 0 Å². The van der Waals surface area contributed by atoms with Crippen LogP contribution in [0.4, 0.5) is 0 Å². The summed E-state index contributed by atoms with van der Waals surface area (Å²) >= 11 is 0. The van der Waals surface area contributed by atoms with Gasteiger partial charge >= 0.3 is 0 Å². The molecule has 0 unspecified atom stereocenters. The molecule has 1 heterocycles. The number of nitrogens with two attached hydrogens (primary N) is 1. The van der Waals surface area contributed by atoms with Crippen LogP contribution in [0.25, 0.3) is 0 Å². The van der Waals surface area contributed by atoms with Crippen molar-refractivity contribution in [1.82, 2.24) is 10.2 Å². The van der Waals surface area contributed by atoms with E-state index in [1.165, 1.54) is 25.7 Å². The van der Waals surface area contributed by atoms with Gasteiger partial charge in [-0.3, -0.25) is 4.79 Å². The summed E-state index contributed by atoms with van der Waals surface area (Å²) in [6.45, 7) is 3.24. The van der Waals surface area contributed by atoms with Gasteiger partial charge < -0.3 is 16.0 Å². The summed E-state index contributed by atoms with van der Waals surface area (Å²) in [5, 5.41) is 3.10. The van der Waals surface area contributed by atoms with E-state index in [0.717, 1.165) is 32.5 Å². The van der Waals surface area contributed by atoms with Crippen LogP contribution in [0.15, 0.2) is 0 Å². The highest BCUT2D eigenvalue weighted by Crippen LogP contribution is 2.17. The maximum Gasteiger partial charge on any atom is 0.221 e. The van der Waals surface area contributed by atoms with Gasteiger partial charge in [0.25, 0.3) is 0 Å². The van der Waals surface area contributed by atoms with Gasteiger partial charge in [0.2, 0.25) is 5.91 Å². The molecule has 0 aromatic heterocycles. The average Bonchev–Trinajstić information content (AvgIpc) is 2.82. The smallest absolute Gasteiger partial charge is 0.221 e. The summed E-state index contributed by atoms with van der Waals surface area (Å²) in [5.74, 6) is 0.180. The Hall–Kier alpha value is -0.610. The van der Waals surface area contributed by atoms with Crippen LogP contribution < -0.4 is 11.1 Å². The molecule has 4 nitrogen and oxygen atoms in total. The predicted octanol–water partition coefficient (Wildman–Crippen LogP) is 0.858. The summed E-state index contributed by atoms with van der Waals surface area (Å²) in [6.07, 6.45) is 7.72. The number of nitrogens with one attached hydrogen (secondary N) is 1. The standard InChI is InChI=1S/C13H25N3O/c14-11-5-1-2-6-12(11)15-13(17)7-10-16-8-3-4-9-16/h11-12H,1-10,14H2,(H,15,17)/t11-,12-/m1/s1. The van der Waals surface area contributed by atoms with E-state index in [4.69, 9.17) is 5.73 Å². The Balaban J connectivity index is 1.65. The largest absolute Gasteiger partial charge is 0.352 e. The first-order valence-corrected chi connectivity index (χ1v) is 7.03. The molecule has 17 heavy (non-hydrogen) atoms. The topological polar surface area (TPSA) is 58.4 Å². The second kappa shape index (κ2) is 6.36. The molecular formula is C13H25N3O. The molecule has 1 aliphatic heterocycles. The number of carbonyl (C=O) groups excluding carboxylic acids is 1. The number of rotatable bonds is 4. The third-order valence-corrected chi connectivity index (χ3v) is 4.02. The second-order valence-corrected chi connectivity index (χ2v) is 5.42. The molecule has 2 fully saturated rings. The molecule has 98 valence electrons.